The van der Waals surface area contributed by atoms with E-state index in [9.17, 15) is 0 Å². The van der Waals surface area contributed by atoms with Crippen molar-refractivity contribution in [3.63, 3.8) is 0 Å². The van der Waals surface area contributed by atoms with Gasteiger partial charge in [-0.1, -0.05) is 44.2 Å². The number of hydrogen-bond acceptors (Lipinski definition) is 1. The first-order valence-electron chi connectivity index (χ1n) is 6.12. The molecule has 0 bridgehead atoms. The van der Waals surface area contributed by atoms with Gasteiger partial charge in [-0.05, 0) is 37.5 Å². The van der Waals surface area contributed by atoms with Gasteiger partial charge in [-0.2, -0.15) is 0 Å². The lowest BCUT2D eigenvalue weighted by atomic mass is 10.1. The van der Waals surface area contributed by atoms with Gasteiger partial charge in [0.15, 0.2) is 8.32 Å². The van der Waals surface area contributed by atoms with E-state index in [0.717, 1.165) is 6.04 Å². The highest BCUT2D eigenvalue weighted by Crippen LogP contribution is 2.18. The molecule has 0 N–H and O–H groups in total. The van der Waals surface area contributed by atoms with E-state index in [-0.39, 0.29) is 0 Å². The van der Waals surface area contributed by atoms with Gasteiger partial charge >= 0.3 is 0 Å². The Morgan fingerprint density at radius 2 is 1.62 bits per heavy atom. The molecule has 0 aromatic heterocycles. The Balaban J connectivity index is 2.58. The Morgan fingerprint density at radius 3 is 2.12 bits per heavy atom. The molecule has 0 amide bonds. The molecule has 90 valence electrons. The van der Waals surface area contributed by atoms with Crippen LogP contribution in [0, 0.1) is 5.92 Å². The Kier molecular flexibility index (Phi) is 4.75. The van der Waals surface area contributed by atoms with Crippen LogP contribution >= 0.6 is 0 Å². The lowest BCUT2D eigenvalue weighted by Gasteiger charge is -2.29. The van der Waals surface area contributed by atoms with Crippen molar-refractivity contribution >= 4 is 8.32 Å². The molecule has 2 heteroatoms. The van der Waals surface area contributed by atoms with Crippen molar-refractivity contribution in [2.45, 2.75) is 46.0 Å². The standard InChI is InChI=1S/C14H24OSi/c1-12(2)13(3)15-16(4,5)11-14-9-7-6-8-10-14/h6-10,12-13H,11H2,1-5H3. The largest absolute Gasteiger partial charge is 0.414 e. The van der Waals surface area contributed by atoms with Crippen LogP contribution in [-0.4, -0.2) is 14.4 Å². The van der Waals surface area contributed by atoms with Gasteiger partial charge in [0.25, 0.3) is 0 Å². The first-order valence-corrected chi connectivity index (χ1v) is 9.24. The number of rotatable bonds is 5. The summed E-state index contributed by atoms with van der Waals surface area (Å²) in [5, 5.41) is 0. The fourth-order valence-electron chi connectivity index (χ4n) is 1.77. The van der Waals surface area contributed by atoms with Crippen molar-refractivity contribution in [3.05, 3.63) is 35.9 Å². The van der Waals surface area contributed by atoms with Gasteiger partial charge in [0.1, 0.15) is 0 Å². The topological polar surface area (TPSA) is 9.23 Å². The maximum Gasteiger partial charge on any atom is 0.191 e. The second-order valence-corrected chi connectivity index (χ2v) is 9.60. The zero-order chi connectivity index (χ0) is 12.2. The van der Waals surface area contributed by atoms with Gasteiger partial charge in [0.05, 0.1) is 0 Å². The van der Waals surface area contributed by atoms with E-state index < -0.39 is 8.32 Å². The minimum absolute atomic E-state index is 0.366. The van der Waals surface area contributed by atoms with Gasteiger partial charge in [0, 0.05) is 6.10 Å². The second-order valence-electron chi connectivity index (χ2n) is 5.49. The predicted octanol–water partition coefficient (Wildman–Crippen LogP) is 4.03. The SMILES string of the molecule is CC(C)C(C)O[Si](C)(C)Cc1ccccc1. The molecule has 16 heavy (non-hydrogen) atoms. The Morgan fingerprint density at radius 1 is 1.06 bits per heavy atom. The van der Waals surface area contributed by atoms with Crippen molar-refractivity contribution in [3.8, 4) is 0 Å². The third-order valence-corrected chi connectivity index (χ3v) is 5.19. The summed E-state index contributed by atoms with van der Waals surface area (Å²) in [6, 6.07) is 11.8. The molecule has 1 rings (SSSR count). The third-order valence-electron chi connectivity index (χ3n) is 2.92. The van der Waals surface area contributed by atoms with Crippen LogP contribution in [0.4, 0.5) is 0 Å². The molecule has 0 fully saturated rings. The quantitative estimate of drug-likeness (QED) is 0.701. The molecule has 0 saturated heterocycles. The second kappa shape index (κ2) is 5.64. The van der Waals surface area contributed by atoms with E-state index in [0.29, 0.717) is 12.0 Å². The summed E-state index contributed by atoms with van der Waals surface area (Å²) in [5.41, 5.74) is 1.40. The van der Waals surface area contributed by atoms with Crippen molar-refractivity contribution in [1.29, 1.82) is 0 Å². The van der Waals surface area contributed by atoms with Gasteiger partial charge in [-0.15, -0.1) is 0 Å². The molecule has 1 aromatic rings. The molecule has 0 aliphatic carbocycles. The molecule has 0 aliphatic heterocycles. The van der Waals surface area contributed by atoms with Gasteiger partial charge in [-0.3, -0.25) is 0 Å². The van der Waals surface area contributed by atoms with Gasteiger partial charge in [0.2, 0.25) is 0 Å². The first kappa shape index (κ1) is 13.5. The van der Waals surface area contributed by atoms with E-state index in [1.165, 1.54) is 5.56 Å². The van der Waals surface area contributed by atoms with Crippen LogP contribution in [0.25, 0.3) is 0 Å². The molecule has 0 aliphatic rings. The molecule has 1 unspecified atom stereocenters. The minimum atomic E-state index is -1.57. The lowest BCUT2D eigenvalue weighted by Crippen LogP contribution is -2.39. The van der Waals surface area contributed by atoms with Crippen molar-refractivity contribution < 1.29 is 4.43 Å². The van der Waals surface area contributed by atoms with E-state index in [4.69, 9.17) is 4.43 Å². The highest BCUT2D eigenvalue weighted by atomic mass is 28.4. The van der Waals surface area contributed by atoms with Crippen LogP contribution in [0.5, 0.6) is 0 Å². The fourth-order valence-corrected chi connectivity index (χ4v) is 4.35. The minimum Gasteiger partial charge on any atom is -0.414 e. The average molecular weight is 236 g/mol. The van der Waals surface area contributed by atoms with Crippen LogP contribution in [0.2, 0.25) is 13.1 Å². The van der Waals surface area contributed by atoms with Crippen LogP contribution in [-0.2, 0) is 10.5 Å². The third kappa shape index (κ3) is 4.50. The number of benzene rings is 1. The van der Waals surface area contributed by atoms with E-state index in [2.05, 4.69) is 64.2 Å². The summed E-state index contributed by atoms with van der Waals surface area (Å²) in [6.45, 7) is 11.2. The van der Waals surface area contributed by atoms with Crippen molar-refractivity contribution in [2.24, 2.45) is 5.92 Å². The Bertz CT molecular complexity index is 306. The molecule has 1 atom stereocenters. The van der Waals surface area contributed by atoms with Crippen LogP contribution < -0.4 is 0 Å². The normalized spacial score (nSPS) is 14.1. The molecule has 0 spiro atoms. The summed E-state index contributed by atoms with van der Waals surface area (Å²) in [5.74, 6) is 0.600. The molecular formula is C14H24OSi. The van der Waals surface area contributed by atoms with Crippen LogP contribution in [0.15, 0.2) is 30.3 Å². The average Bonchev–Trinajstić information content (AvgIpc) is 2.17. The van der Waals surface area contributed by atoms with Crippen molar-refractivity contribution in [2.75, 3.05) is 0 Å². The van der Waals surface area contributed by atoms with Gasteiger partial charge in [-0.25, -0.2) is 0 Å². The van der Waals surface area contributed by atoms with Gasteiger partial charge < -0.3 is 4.43 Å². The molecule has 1 aromatic carbocycles. The molecule has 0 radical (unpaired) electrons. The van der Waals surface area contributed by atoms with Crippen molar-refractivity contribution in [1.82, 2.24) is 0 Å². The summed E-state index contributed by atoms with van der Waals surface area (Å²) in [7, 11) is -1.57. The summed E-state index contributed by atoms with van der Waals surface area (Å²) < 4.78 is 6.24. The van der Waals surface area contributed by atoms with Crippen LogP contribution in [0.1, 0.15) is 26.3 Å². The Labute approximate surface area is 101 Å². The van der Waals surface area contributed by atoms with E-state index >= 15 is 0 Å². The lowest BCUT2D eigenvalue weighted by molar-refractivity contribution is 0.160. The van der Waals surface area contributed by atoms with E-state index in [1.54, 1.807) is 0 Å². The summed E-state index contributed by atoms with van der Waals surface area (Å²) in [4.78, 5) is 0. The fraction of sp³-hybridized carbons (Fsp3) is 0.571. The highest BCUT2D eigenvalue weighted by molar-refractivity contribution is 6.70. The van der Waals surface area contributed by atoms with Crippen LogP contribution in [0.3, 0.4) is 0 Å². The molecule has 1 nitrogen and oxygen atoms in total. The first-order chi connectivity index (χ1) is 7.41. The highest BCUT2D eigenvalue weighted by Gasteiger charge is 2.26. The maximum atomic E-state index is 6.24. The number of hydrogen-bond donors (Lipinski definition) is 0. The summed E-state index contributed by atoms with van der Waals surface area (Å²) >= 11 is 0. The smallest absolute Gasteiger partial charge is 0.191 e. The maximum absolute atomic E-state index is 6.24. The predicted molar refractivity (Wildman–Crippen MR) is 73.0 cm³/mol. The summed E-state index contributed by atoms with van der Waals surface area (Å²) in [6.07, 6.45) is 0.366. The molecular weight excluding hydrogens is 212 g/mol. The zero-order valence-electron chi connectivity index (χ0n) is 11.2. The Hall–Kier alpha value is -0.603. The monoisotopic (exact) mass is 236 g/mol. The zero-order valence-corrected chi connectivity index (χ0v) is 12.2. The molecule has 0 saturated carbocycles. The van der Waals surface area contributed by atoms with E-state index in [1.807, 2.05) is 0 Å². The molecule has 0 heterocycles.